The fourth-order valence-corrected chi connectivity index (χ4v) is 3.83. The van der Waals surface area contributed by atoms with Crippen molar-refractivity contribution in [1.29, 1.82) is 5.26 Å². The van der Waals surface area contributed by atoms with Crippen LogP contribution in [-0.4, -0.2) is 37.7 Å². The monoisotopic (exact) mass is 585 g/mol. The van der Waals surface area contributed by atoms with Crippen LogP contribution < -0.4 is 20.9 Å². The molecular weight excluding hydrogens is 550 g/mol. The normalized spacial score (nSPS) is 10.6. The minimum Gasteiger partial charge on any atom is -0.494 e. The maximum atomic E-state index is 12.4. The van der Waals surface area contributed by atoms with Crippen LogP contribution in [-0.2, 0) is 14.3 Å². The molecule has 0 amide bonds. The van der Waals surface area contributed by atoms with Gasteiger partial charge in [-0.25, -0.2) is 14.4 Å². The number of carbonyl (C=O) groups excluding carboxylic acids is 3. The largest absolute Gasteiger partial charge is 0.494 e. The number of unbranched alkanes of at least 4 members (excludes halogenated alkanes) is 4. The Balaban J connectivity index is 1.28. The van der Waals surface area contributed by atoms with E-state index in [9.17, 15) is 14.4 Å². The lowest BCUT2D eigenvalue weighted by Crippen LogP contribution is -2.08. The van der Waals surface area contributed by atoms with Crippen molar-refractivity contribution >= 4 is 35.4 Å². The van der Waals surface area contributed by atoms with Gasteiger partial charge in [0, 0.05) is 23.9 Å². The molecule has 0 aliphatic heterocycles. The van der Waals surface area contributed by atoms with Gasteiger partial charge >= 0.3 is 17.9 Å². The van der Waals surface area contributed by atoms with Crippen LogP contribution in [0.15, 0.2) is 72.8 Å². The maximum Gasteiger partial charge on any atom is 0.343 e. The van der Waals surface area contributed by atoms with Crippen LogP contribution in [0.1, 0.15) is 64.8 Å². The second kappa shape index (κ2) is 17.5. The first kappa shape index (κ1) is 32.2. The molecule has 0 saturated carbocycles. The van der Waals surface area contributed by atoms with Crippen molar-refractivity contribution in [3.8, 4) is 17.6 Å². The van der Waals surface area contributed by atoms with Crippen LogP contribution >= 0.6 is 0 Å². The van der Waals surface area contributed by atoms with E-state index in [2.05, 4.69) is 6.07 Å². The third-order valence-corrected chi connectivity index (χ3v) is 6.02. The van der Waals surface area contributed by atoms with Crippen LogP contribution in [0.25, 0.3) is 6.08 Å². The Morgan fingerprint density at radius 1 is 0.698 bits per heavy atom. The summed E-state index contributed by atoms with van der Waals surface area (Å²) in [6, 6.07) is 20.0. The number of nitriles is 1. The third kappa shape index (κ3) is 12.0. The van der Waals surface area contributed by atoms with Gasteiger partial charge in [0.2, 0.25) is 0 Å². The van der Waals surface area contributed by atoms with Gasteiger partial charge in [-0.1, -0.05) is 12.1 Å². The van der Waals surface area contributed by atoms with Crippen molar-refractivity contribution in [2.24, 2.45) is 0 Å². The molecule has 0 saturated heterocycles. The van der Waals surface area contributed by atoms with Crippen LogP contribution in [0.2, 0.25) is 0 Å². The molecule has 0 heterocycles. The lowest BCUT2D eigenvalue weighted by molar-refractivity contribution is -0.137. The number of anilines is 2. The van der Waals surface area contributed by atoms with Crippen molar-refractivity contribution in [1.82, 2.24) is 0 Å². The van der Waals surface area contributed by atoms with Crippen LogP contribution in [0, 0.1) is 11.3 Å². The Bertz CT molecular complexity index is 1410. The van der Waals surface area contributed by atoms with Crippen LogP contribution in [0.3, 0.4) is 0 Å². The topological polar surface area (TPSA) is 164 Å². The fourth-order valence-electron chi connectivity index (χ4n) is 3.83. The number of carbonyl (C=O) groups is 3. The van der Waals surface area contributed by atoms with Crippen molar-refractivity contribution in [2.75, 3.05) is 31.3 Å². The molecule has 0 bridgehead atoms. The van der Waals surface area contributed by atoms with Crippen molar-refractivity contribution in [3.63, 3.8) is 0 Å². The number of nitrogens with zero attached hydrogens (tertiary/aromatic N) is 1. The van der Waals surface area contributed by atoms with Crippen molar-refractivity contribution in [2.45, 2.75) is 38.5 Å². The molecule has 0 atom stereocenters. The third-order valence-electron chi connectivity index (χ3n) is 6.02. The van der Waals surface area contributed by atoms with E-state index in [0.717, 1.165) is 18.4 Å². The Morgan fingerprint density at radius 2 is 1.33 bits per heavy atom. The lowest BCUT2D eigenvalue weighted by Gasteiger charge is -2.07. The zero-order valence-corrected chi connectivity index (χ0v) is 23.8. The molecule has 10 heteroatoms. The van der Waals surface area contributed by atoms with E-state index < -0.39 is 17.9 Å². The number of benzene rings is 3. The highest BCUT2D eigenvalue weighted by molar-refractivity contribution is 5.92. The molecule has 0 aliphatic rings. The van der Waals surface area contributed by atoms with Gasteiger partial charge in [0.05, 0.1) is 37.0 Å². The Labute approximate surface area is 250 Å². The van der Waals surface area contributed by atoms with E-state index in [1.54, 1.807) is 60.7 Å². The smallest absolute Gasteiger partial charge is 0.343 e. The number of esters is 3. The first-order valence-corrected chi connectivity index (χ1v) is 13.9. The first-order chi connectivity index (χ1) is 20.8. The highest BCUT2D eigenvalue weighted by Crippen LogP contribution is 2.18. The van der Waals surface area contributed by atoms with Gasteiger partial charge in [-0.15, -0.1) is 0 Å². The number of ether oxygens (including phenoxy) is 4. The molecule has 3 aromatic rings. The van der Waals surface area contributed by atoms with Gasteiger partial charge in [0.1, 0.15) is 11.5 Å². The predicted octanol–water partition coefficient (Wildman–Crippen LogP) is 5.73. The van der Waals surface area contributed by atoms with Gasteiger partial charge in [-0.3, -0.25) is 0 Å². The molecule has 43 heavy (non-hydrogen) atoms. The zero-order valence-electron chi connectivity index (χ0n) is 23.8. The minimum absolute atomic E-state index is 0.280. The minimum atomic E-state index is -0.507. The quantitative estimate of drug-likeness (QED) is 0.0698. The molecule has 0 spiro atoms. The van der Waals surface area contributed by atoms with Gasteiger partial charge in [0.25, 0.3) is 0 Å². The highest BCUT2D eigenvalue weighted by Gasteiger charge is 2.10. The molecule has 0 radical (unpaired) electrons. The maximum absolute atomic E-state index is 12.4. The molecular formula is C33H35N3O7. The summed E-state index contributed by atoms with van der Waals surface area (Å²) in [7, 11) is 0. The van der Waals surface area contributed by atoms with Crippen LogP contribution in [0.4, 0.5) is 11.4 Å². The highest BCUT2D eigenvalue weighted by atomic mass is 16.5. The Kier molecular flexibility index (Phi) is 13.1. The Morgan fingerprint density at radius 3 is 1.98 bits per heavy atom. The van der Waals surface area contributed by atoms with Gasteiger partial charge in [0.15, 0.2) is 0 Å². The number of nitrogen functional groups attached to an aromatic ring is 2. The van der Waals surface area contributed by atoms with E-state index in [-0.39, 0.29) is 13.2 Å². The van der Waals surface area contributed by atoms with Crippen LogP contribution in [0.5, 0.6) is 11.5 Å². The molecule has 0 aromatic heterocycles. The van der Waals surface area contributed by atoms with Crippen molar-refractivity contribution < 1.29 is 33.3 Å². The summed E-state index contributed by atoms with van der Waals surface area (Å²) in [5, 5.41) is 8.56. The van der Waals surface area contributed by atoms with Gasteiger partial charge in [-0.2, -0.15) is 5.26 Å². The lowest BCUT2D eigenvalue weighted by atomic mass is 10.2. The second-order valence-electron chi connectivity index (χ2n) is 9.53. The van der Waals surface area contributed by atoms with E-state index in [0.29, 0.717) is 66.3 Å². The molecule has 224 valence electrons. The van der Waals surface area contributed by atoms with Gasteiger partial charge < -0.3 is 30.4 Å². The van der Waals surface area contributed by atoms with E-state index in [1.807, 2.05) is 0 Å². The SMILES string of the molecule is N#CCCCOc1ccc(C(=O)Oc2ccc(C=CC(=O)OCCCCCCOC(=O)c3cc(N)cc(N)c3)cc2)cc1. The summed E-state index contributed by atoms with van der Waals surface area (Å²) in [5.41, 5.74) is 13.6. The summed E-state index contributed by atoms with van der Waals surface area (Å²) in [4.78, 5) is 36.5. The number of hydrogen-bond acceptors (Lipinski definition) is 10. The second-order valence-corrected chi connectivity index (χ2v) is 9.53. The van der Waals surface area contributed by atoms with Gasteiger partial charge in [-0.05, 0) is 98.3 Å². The molecule has 10 nitrogen and oxygen atoms in total. The summed E-state index contributed by atoms with van der Waals surface area (Å²) in [5.74, 6) is -0.448. The molecule has 3 aromatic carbocycles. The first-order valence-electron chi connectivity index (χ1n) is 13.9. The average molecular weight is 586 g/mol. The number of rotatable bonds is 16. The standard InChI is InChI=1S/C33H35N3O7/c34-17-3-6-18-40-29-14-10-25(11-15-29)33(39)43-30-12-7-24(8-13-30)9-16-31(37)41-19-4-1-2-5-20-42-32(38)26-21-27(35)23-28(36)22-26/h7-16,21-23H,1-6,18-20,35-36H2. The van der Waals surface area contributed by atoms with Crippen molar-refractivity contribution in [3.05, 3.63) is 89.5 Å². The summed E-state index contributed by atoms with van der Waals surface area (Å²) in [6.45, 7) is 0.999. The molecule has 0 unspecified atom stereocenters. The summed E-state index contributed by atoms with van der Waals surface area (Å²) >= 11 is 0. The summed E-state index contributed by atoms with van der Waals surface area (Å²) < 4.78 is 21.4. The molecule has 3 rings (SSSR count). The van der Waals surface area contributed by atoms with E-state index >= 15 is 0 Å². The number of nitrogens with two attached hydrogens (primary N) is 2. The number of hydrogen-bond donors (Lipinski definition) is 2. The predicted molar refractivity (Wildman–Crippen MR) is 162 cm³/mol. The average Bonchev–Trinajstić information content (AvgIpc) is 3.00. The fraction of sp³-hybridized carbons (Fsp3) is 0.273. The van der Waals surface area contributed by atoms with E-state index in [1.165, 1.54) is 18.2 Å². The molecule has 4 N–H and O–H groups in total. The Hall–Kier alpha value is -5.30. The zero-order chi connectivity index (χ0) is 30.9. The summed E-state index contributed by atoms with van der Waals surface area (Å²) in [6.07, 6.45) is 7.05. The molecule has 0 fully saturated rings. The molecule has 0 aliphatic carbocycles. The van der Waals surface area contributed by atoms with E-state index in [4.69, 9.17) is 35.7 Å².